The molecule has 0 aromatic carbocycles. The minimum atomic E-state index is -0.452. The molecule has 0 spiro atoms. The molecule has 21 heavy (non-hydrogen) atoms. The molecule has 2 rings (SSSR count). The van der Waals surface area contributed by atoms with Crippen LogP contribution in [0.25, 0.3) is 0 Å². The Kier molecular flexibility index (Phi) is 5.52. The van der Waals surface area contributed by atoms with Gasteiger partial charge in [-0.25, -0.2) is 10.8 Å². The number of nitrogens with zero attached hydrogens (tertiary/aromatic N) is 1. The second-order valence-corrected chi connectivity index (χ2v) is 5.56. The van der Waals surface area contributed by atoms with Crippen LogP contribution >= 0.6 is 0 Å². The quantitative estimate of drug-likeness (QED) is 0.485. The van der Waals surface area contributed by atoms with Gasteiger partial charge in [0.25, 0.3) is 5.91 Å². The second-order valence-electron chi connectivity index (χ2n) is 5.56. The van der Waals surface area contributed by atoms with Crippen molar-refractivity contribution < 1.29 is 9.90 Å². The molecule has 1 amide bonds. The van der Waals surface area contributed by atoms with Crippen molar-refractivity contribution in [2.75, 3.05) is 5.43 Å². The lowest BCUT2D eigenvalue weighted by Gasteiger charge is -2.28. The number of nitrogens with one attached hydrogen (secondary N) is 2. The first kappa shape index (κ1) is 15.7. The van der Waals surface area contributed by atoms with E-state index in [0.717, 1.165) is 44.2 Å². The van der Waals surface area contributed by atoms with E-state index < -0.39 is 6.10 Å². The zero-order valence-corrected chi connectivity index (χ0v) is 12.4. The van der Waals surface area contributed by atoms with Crippen molar-refractivity contribution >= 4 is 11.7 Å². The van der Waals surface area contributed by atoms with Crippen LogP contribution in [0.2, 0.25) is 0 Å². The average molecular weight is 292 g/mol. The van der Waals surface area contributed by atoms with Crippen LogP contribution in [0.3, 0.4) is 0 Å². The highest BCUT2D eigenvalue weighted by Gasteiger charge is 2.25. The number of hydrogen-bond acceptors (Lipinski definition) is 5. The van der Waals surface area contributed by atoms with Crippen LogP contribution in [0, 0.1) is 0 Å². The van der Waals surface area contributed by atoms with Crippen LogP contribution in [0.1, 0.15) is 55.1 Å². The van der Waals surface area contributed by atoms with Gasteiger partial charge < -0.3 is 15.8 Å². The van der Waals surface area contributed by atoms with Crippen molar-refractivity contribution in [2.24, 2.45) is 5.84 Å². The number of aromatic nitrogens is 1. The Balaban J connectivity index is 2.11. The number of anilines is 1. The lowest BCUT2D eigenvalue weighted by Crippen LogP contribution is -2.45. The molecule has 1 aromatic rings. The number of nitrogens with two attached hydrogens (primary N) is 1. The number of pyridine rings is 1. The smallest absolute Gasteiger partial charge is 0.251 e. The summed E-state index contributed by atoms with van der Waals surface area (Å²) in [7, 11) is 0. The summed E-state index contributed by atoms with van der Waals surface area (Å²) in [6.07, 6.45) is 4.91. The zero-order chi connectivity index (χ0) is 15.2. The molecule has 2 atom stereocenters. The summed E-state index contributed by atoms with van der Waals surface area (Å²) in [6, 6.07) is 3.25. The molecule has 6 heteroatoms. The summed E-state index contributed by atoms with van der Waals surface area (Å²) in [4.78, 5) is 16.7. The van der Waals surface area contributed by atoms with Gasteiger partial charge in [-0.2, -0.15) is 0 Å². The molecule has 116 valence electrons. The van der Waals surface area contributed by atoms with Crippen molar-refractivity contribution in [1.29, 1.82) is 0 Å². The van der Waals surface area contributed by atoms with E-state index in [0.29, 0.717) is 11.4 Å². The summed E-state index contributed by atoms with van der Waals surface area (Å²) in [6.45, 7) is 2.06. The summed E-state index contributed by atoms with van der Waals surface area (Å²) in [5, 5.41) is 12.9. The molecule has 1 aromatic heterocycles. The Bertz CT molecular complexity index is 493. The van der Waals surface area contributed by atoms with Gasteiger partial charge in [0.1, 0.15) is 5.82 Å². The Morgan fingerprint density at radius 3 is 2.86 bits per heavy atom. The molecular formula is C15H24N4O2. The highest BCUT2D eigenvalue weighted by Crippen LogP contribution is 2.19. The van der Waals surface area contributed by atoms with Gasteiger partial charge in [-0.05, 0) is 31.4 Å². The molecule has 1 heterocycles. The average Bonchev–Trinajstić information content (AvgIpc) is 2.49. The van der Waals surface area contributed by atoms with Crippen molar-refractivity contribution in [2.45, 2.75) is 57.6 Å². The molecule has 1 saturated carbocycles. The Morgan fingerprint density at radius 1 is 1.43 bits per heavy atom. The van der Waals surface area contributed by atoms with Crippen molar-refractivity contribution in [3.63, 3.8) is 0 Å². The number of aliphatic hydroxyl groups excluding tert-OH is 1. The van der Waals surface area contributed by atoms with E-state index in [1.54, 1.807) is 12.1 Å². The number of rotatable bonds is 5. The normalized spacial score (nSPS) is 21.9. The van der Waals surface area contributed by atoms with E-state index in [1.807, 2.05) is 0 Å². The predicted octanol–water partition coefficient (Wildman–Crippen LogP) is 1.35. The maximum Gasteiger partial charge on any atom is 0.251 e. The van der Waals surface area contributed by atoms with Gasteiger partial charge in [-0.1, -0.05) is 26.2 Å². The minimum absolute atomic E-state index is 0.164. The van der Waals surface area contributed by atoms with Crippen molar-refractivity contribution in [1.82, 2.24) is 10.3 Å². The summed E-state index contributed by atoms with van der Waals surface area (Å²) in [5.41, 5.74) is 3.86. The molecule has 5 N–H and O–H groups in total. The van der Waals surface area contributed by atoms with E-state index >= 15 is 0 Å². The van der Waals surface area contributed by atoms with Gasteiger partial charge in [0, 0.05) is 11.3 Å². The SMILES string of the molecule is CCCc1cc(C(=O)NC2CCCCC2O)cc(NN)n1. The largest absolute Gasteiger partial charge is 0.391 e. The Morgan fingerprint density at radius 2 is 2.19 bits per heavy atom. The summed E-state index contributed by atoms with van der Waals surface area (Å²) in [5.74, 6) is 5.70. The number of carbonyl (C=O) groups is 1. The van der Waals surface area contributed by atoms with E-state index in [2.05, 4.69) is 22.7 Å². The fourth-order valence-electron chi connectivity index (χ4n) is 2.71. The zero-order valence-electron chi connectivity index (χ0n) is 12.4. The van der Waals surface area contributed by atoms with E-state index in [4.69, 9.17) is 5.84 Å². The lowest BCUT2D eigenvalue weighted by molar-refractivity contribution is 0.0717. The topological polar surface area (TPSA) is 100 Å². The standard InChI is InChI=1S/C15H24N4O2/c1-2-5-11-8-10(9-14(17-11)19-16)15(21)18-12-6-3-4-7-13(12)20/h8-9,12-13,20H,2-7,16H2,1H3,(H,17,19)(H,18,21). The minimum Gasteiger partial charge on any atom is -0.391 e. The van der Waals surface area contributed by atoms with Crippen LogP contribution in [0.15, 0.2) is 12.1 Å². The van der Waals surface area contributed by atoms with Gasteiger partial charge in [-0.15, -0.1) is 0 Å². The number of aryl methyl sites for hydroxylation is 1. The molecule has 1 fully saturated rings. The van der Waals surface area contributed by atoms with Crippen molar-refractivity contribution in [3.05, 3.63) is 23.4 Å². The van der Waals surface area contributed by atoms with E-state index in [1.165, 1.54) is 0 Å². The van der Waals surface area contributed by atoms with Crippen molar-refractivity contribution in [3.8, 4) is 0 Å². The van der Waals surface area contributed by atoms with Gasteiger partial charge in [0.2, 0.25) is 0 Å². The number of hydrogen-bond donors (Lipinski definition) is 4. The first-order valence-electron chi connectivity index (χ1n) is 7.60. The number of amides is 1. The Labute approximate surface area is 125 Å². The summed E-state index contributed by atoms with van der Waals surface area (Å²) < 4.78 is 0. The first-order valence-corrected chi connectivity index (χ1v) is 7.60. The third kappa shape index (κ3) is 4.15. The van der Waals surface area contributed by atoms with Crippen LogP contribution in [-0.4, -0.2) is 28.1 Å². The van der Waals surface area contributed by atoms with Gasteiger partial charge in [0.15, 0.2) is 0 Å². The van der Waals surface area contributed by atoms with E-state index in [-0.39, 0.29) is 11.9 Å². The first-order chi connectivity index (χ1) is 10.1. The Hall–Kier alpha value is -1.66. The van der Waals surface area contributed by atoms with E-state index in [9.17, 15) is 9.90 Å². The van der Waals surface area contributed by atoms with Gasteiger partial charge in [-0.3, -0.25) is 4.79 Å². The fraction of sp³-hybridized carbons (Fsp3) is 0.600. The number of hydrazine groups is 1. The van der Waals surface area contributed by atoms with Crippen LogP contribution < -0.4 is 16.6 Å². The monoisotopic (exact) mass is 292 g/mol. The molecule has 1 aliphatic carbocycles. The highest BCUT2D eigenvalue weighted by atomic mass is 16.3. The molecular weight excluding hydrogens is 268 g/mol. The molecule has 6 nitrogen and oxygen atoms in total. The number of aliphatic hydroxyl groups is 1. The molecule has 0 bridgehead atoms. The number of nitrogen functional groups attached to an aromatic ring is 1. The fourth-order valence-corrected chi connectivity index (χ4v) is 2.71. The number of carbonyl (C=O) groups excluding carboxylic acids is 1. The third-order valence-corrected chi connectivity index (χ3v) is 3.84. The lowest BCUT2D eigenvalue weighted by atomic mass is 9.92. The molecule has 0 radical (unpaired) electrons. The van der Waals surface area contributed by atoms with Crippen LogP contribution in [0.5, 0.6) is 0 Å². The predicted molar refractivity (Wildman–Crippen MR) is 81.8 cm³/mol. The van der Waals surface area contributed by atoms with Gasteiger partial charge in [0.05, 0.1) is 12.1 Å². The third-order valence-electron chi connectivity index (χ3n) is 3.84. The highest BCUT2D eigenvalue weighted by molar-refractivity contribution is 5.95. The molecule has 0 aliphatic heterocycles. The van der Waals surface area contributed by atoms with Crippen LogP contribution in [-0.2, 0) is 6.42 Å². The maximum absolute atomic E-state index is 12.4. The summed E-state index contributed by atoms with van der Waals surface area (Å²) >= 11 is 0. The molecule has 0 saturated heterocycles. The molecule has 2 unspecified atom stereocenters. The molecule has 1 aliphatic rings. The van der Waals surface area contributed by atoms with Gasteiger partial charge >= 0.3 is 0 Å². The second kappa shape index (κ2) is 7.38. The maximum atomic E-state index is 12.4. The van der Waals surface area contributed by atoms with Crippen LogP contribution in [0.4, 0.5) is 5.82 Å².